The van der Waals surface area contributed by atoms with Crippen molar-refractivity contribution in [2.75, 3.05) is 6.26 Å². The highest BCUT2D eigenvalue weighted by atomic mass is 32.2. The Labute approximate surface area is 118 Å². The van der Waals surface area contributed by atoms with Crippen molar-refractivity contribution in [2.45, 2.75) is 11.9 Å². The molecular formula is C12H10F3NO2S2. The average molecular weight is 321 g/mol. The van der Waals surface area contributed by atoms with E-state index in [9.17, 15) is 21.6 Å². The largest absolute Gasteiger partial charge is 0.416 e. The van der Waals surface area contributed by atoms with Gasteiger partial charge >= 0.3 is 6.18 Å². The van der Waals surface area contributed by atoms with E-state index in [1.165, 1.54) is 12.1 Å². The molecule has 20 heavy (non-hydrogen) atoms. The fraction of sp³-hybridized carbons (Fsp3) is 0.250. The Morgan fingerprint density at radius 3 is 2.60 bits per heavy atom. The fourth-order valence-corrected chi connectivity index (χ4v) is 3.60. The second-order valence-corrected chi connectivity index (χ2v) is 7.36. The first-order chi connectivity index (χ1) is 9.15. The second kappa shape index (κ2) is 5.17. The van der Waals surface area contributed by atoms with Crippen molar-refractivity contribution in [1.29, 1.82) is 0 Å². The van der Waals surface area contributed by atoms with Crippen LogP contribution in [0.5, 0.6) is 0 Å². The SMILES string of the molecule is CS(=O)(=O)Cc1nc(-c2cccc(C(F)(F)F)c2)cs1. The summed E-state index contributed by atoms with van der Waals surface area (Å²) in [4.78, 5) is 4.06. The summed E-state index contributed by atoms with van der Waals surface area (Å²) in [5, 5.41) is 1.91. The van der Waals surface area contributed by atoms with Gasteiger partial charge in [0.1, 0.15) is 10.8 Å². The third-order valence-electron chi connectivity index (χ3n) is 2.42. The molecule has 0 saturated heterocycles. The molecule has 0 bridgehead atoms. The molecule has 3 nitrogen and oxygen atoms in total. The summed E-state index contributed by atoms with van der Waals surface area (Å²) < 4.78 is 60.1. The summed E-state index contributed by atoms with van der Waals surface area (Å²) in [5.41, 5.74) is -0.0942. The minimum absolute atomic E-state index is 0.212. The molecule has 108 valence electrons. The maximum absolute atomic E-state index is 12.6. The first-order valence-corrected chi connectivity index (χ1v) is 8.39. The number of alkyl halides is 3. The lowest BCUT2D eigenvalue weighted by atomic mass is 10.1. The molecule has 0 aliphatic heterocycles. The lowest BCUT2D eigenvalue weighted by Gasteiger charge is -2.07. The van der Waals surface area contributed by atoms with Gasteiger partial charge in [0.15, 0.2) is 9.84 Å². The van der Waals surface area contributed by atoms with Crippen LogP contribution in [0.1, 0.15) is 10.6 Å². The molecule has 0 N–H and O–H groups in total. The van der Waals surface area contributed by atoms with Crippen LogP contribution in [0.3, 0.4) is 0 Å². The third-order valence-corrected chi connectivity index (χ3v) is 4.25. The Morgan fingerprint density at radius 2 is 2.00 bits per heavy atom. The predicted octanol–water partition coefficient (Wildman–Crippen LogP) is 3.37. The van der Waals surface area contributed by atoms with Crippen LogP contribution in [0.4, 0.5) is 13.2 Å². The third kappa shape index (κ3) is 3.80. The monoisotopic (exact) mass is 321 g/mol. The number of thiazole rings is 1. The number of rotatable bonds is 3. The quantitative estimate of drug-likeness (QED) is 0.871. The molecule has 0 aliphatic rings. The highest BCUT2D eigenvalue weighted by Gasteiger charge is 2.30. The van der Waals surface area contributed by atoms with E-state index >= 15 is 0 Å². The van der Waals surface area contributed by atoms with Crippen LogP contribution in [0.15, 0.2) is 29.6 Å². The zero-order valence-corrected chi connectivity index (χ0v) is 11.9. The summed E-state index contributed by atoms with van der Waals surface area (Å²) in [6.07, 6.45) is -3.33. The van der Waals surface area contributed by atoms with Gasteiger partial charge in [0, 0.05) is 17.2 Å². The summed E-state index contributed by atoms with van der Waals surface area (Å²) in [6.45, 7) is 0. The molecule has 1 aromatic heterocycles. The van der Waals surface area contributed by atoms with E-state index in [-0.39, 0.29) is 5.75 Å². The van der Waals surface area contributed by atoms with E-state index in [4.69, 9.17) is 0 Å². The molecule has 2 aromatic rings. The molecule has 0 atom stereocenters. The summed E-state index contributed by atoms with van der Waals surface area (Å²) in [6, 6.07) is 4.79. The Hall–Kier alpha value is -1.41. The maximum Gasteiger partial charge on any atom is 0.416 e. The first kappa shape index (κ1) is 15.0. The molecule has 0 saturated carbocycles. The highest BCUT2D eigenvalue weighted by Crippen LogP contribution is 2.32. The lowest BCUT2D eigenvalue weighted by molar-refractivity contribution is -0.137. The highest BCUT2D eigenvalue weighted by molar-refractivity contribution is 7.90. The molecule has 0 unspecified atom stereocenters. The van der Waals surface area contributed by atoms with Gasteiger partial charge in [0.25, 0.3) is 0 Å². The van der Waals surface area contributed by atoms with E-state index < -0.39 is 21.6 Å². The molecular weight excluding hydrogens is 311 g/mol. The molecule has 0 fully saturated rings. The van der Waals surface area contributed by atoms with E-state index in [1.807, 2.05) is 0 Å². The van der Waals surface area contributed by atoms with Crippen LogP contribution in [-0.4, -0.2) is 19.7 Å². The lowest BCUT2D eigenvalue weighted by Crippen LogP contribution is -2.04. The zero-order chi connectivity index (χ0) is 15.0. The number of sulfone groups is 1. The van der Waals surface area contributed by atoms with Gasteiger partial charge in [-0.15, -0.1) is 11.3 Å². The molecule has 2 rings (SSSR count). The number of hydrogen-bond acceptors (Lipinski definition) is 4. The van der Waals surface area contributed by atoms with Crippen molar-refractivity contribution in [3.05, 3.63) is 40.2 Å². The summed E-state index contributed by atoms with van der Waals surface area (Å²) in [5.74, 6) is -0.212. The second-order valence-electron chi connectivity index (χ2n) is 4.28. The number of halogens is 3. The number of aromatic nitrogens is 1. The molecule has 0 radical (unpaired) electrons. The number of benzene rings is 1. The average Bonchev–Trinajstić information content (AvgIpc) is 2.74. The Bertz CT molecular complexity index is 720. The van der Waals surface area contributed by atoms with Crippen molar-refractivity contribution in [3.63, 3.8) is 0 Å². The van der Waals surface area contributed by atoms with Crippen LogP contribution in [0.2, 0.25) is 0 Å². The van der Waals surface area contributed by atoms with Gasteiger partial charge in [-0.1, -0.05) is 12.1 Å². The topological polar surface area (TPSA) is 47.0 Å². The van der Waals surface area contributed by atoms with Crippen LogP contribution >= 0.6 is 11.3 Å². The number of nitrogens with zero attached hydrogens (tertiary/aromatic N) is 1. The van der Waals surface area contributed by atoms with Crippen molar-refractivity contribution < 1.29 is 21.6 Å². The van der Waals surface area contributed by atoms with Crippen LogP contribution in [-0.2, 0) is 21.8 Å². The van der Waals surface area contributed by atoms with Gasteiger partial charge in [0.05, 0.1) is 11.3 Å². The molecule has 1 heterocycles. The van der Waals surface area contributed by atoms with Crippen LogP contribution in [0.25, 0.3) is 11.3 Å². The minimum atomic E-state index is -4.42. The van der Waals surface area contributed by atoms with Gasteiger partial charge in [-0.2, -0.15) is 13.2 Å². The van der Waals surface area contributed by atoms with Crippen LogP contribution in [0, 0.1) is 0 Å². The van der Waals surface area contributed by atoms with Crippen molar-refractivity contribution in [1.82, 2.24) is 4.98 Å². The number of hydrogen-bond donors (Lipinski definition) is 0. The Morgan fingerprint density at radius 1 is 1.30 bits per heavy atom. The van der Waals surface area contributed by atoms with Gasteiger partial charge in [0.2, 0.25) is 0 Å². The van der Waals surface area contributed by atoms with Gasteiger partial charge in [-0.25, -0.2) is 13.4 Å². The van der Waals surface area contributed by atoms with Crippen molar-refractivity contribution >= 4 is 21.2 Å². The Kier molecular flexibility index (Phi) is 3.88. The van der Waals surface area contributed by atoms with Crippen molar-refractivity contribution in [3.8, 4) is 11.3 Å². The molecule has 0 spiro atoms. The van der Waals surface area contributed by atoms with Gasteiger partial charge < -0.3 is 0 Å². The first-order valence-electron chi connectivity index (χ1n) is 5.45. The van der Waals surface area contributed by atoms with Crippen molar-refractivity contribution in [2.24, 2.45) is 0 Å². The molecule has 0 aliphatic carbocycles. The smallest absolute Gasteiger partial charge is 0.240 e. The standard InChI is InChI=1S/C12H10F3NO2S2/c1-20(17,18)7-11-16-10(6-19-11)8-3-2-4-9(5-8)12(13,14)15/h2-6H,7H2,1H3. The predicted molar refractivity (Wildman–Crippen MR) is 71.1 cm³/mol. The summed E-state index contributed by atoms with van der Waals surface area (Å²) in [7, 11) is -3.21. The Balaban J connectivity index is 2.33. The molecule has 8 heteroatoms. The van der Waals surface area contributed by atoms with Crippen LogP contribution < -0.4 is 0 Å². The van der Waals surface area contributed by atoms with Gasteiger partial charge in [-0.05, 0) is 12.1 Å². The minimum Gasteiger partial charge on any atom is -0.240 e. The van der Waals surface area contributed by atoms with E-state index in [0.717, 1.165) is 29.7 Å². The fourth-order valence-electron chi connectivity index (χ4n) is 1.59. The van der Waals surface area contributed by atoms with E-state index in [0.29, 0.717) is 16.3 Å². The molecule has 1 aromatic carbocycles. The normalized spacial score (nSPS) is 12.6. The zero-order valence-electron chi connectivity index (χ0n) is 10.3. The summed E-state index contributed by atoms with van der Waals surface area (Å²) >= 11 is 1.11. The van der Waals surface area contributed by atoms with E-state index in [2.05, 4.69) is 4.98 Å². The van der Waals surface area contributed by atoms with Gasteiger partial charge in [-0.3, -0.25) is 0 Å². The maximum atomic E-state index is 12.6. The van der Waals surface area contributed by atoms with E-state index in [1.54, 1.807) is 5.38 Å². The molecule has 0 amide bonds.